The van der Waals surface area contributed by atoms with E-state index in [1.807, 2.05) is 24.4 Å². The first-order valence-corrected chi connectivity index (χ1v) is 9.94. The van der Waals surface area contributed by atoms with Crippen molar-refractivity contribution in [3.05, 3.63) is 72.2 Å². The van der Waals surface area contributed by atoms with Gasteiger partial charge in [-0.25, -0.2) is 9.97 Å². The maximum absolute atomic E-state index is 9.37. The number of hydrogen-bond acceptors (Lipinski definition) is 5. The SMILES string of the molecule is Oc1ccc(CCCc2nccc(-c3cccc(NC4CCNC4)c3)n2)cc1. The predicted molar refractivity (Wildman–Crippen MR) is 112 cm³/mol. The molecule has 1 aliphatic rings. The van der Waals surface area contributed by atoms with Crippen LogP contribution in [0.2, 0.25) is 0 Å². The molecule has 1 saturated heterocycles. The van der Waals surface area contributed by atoms with Gasteiger partial charge in [-0.3, -0.25) is 0 Å². The third-order valence-corrected chi connectivity index (χ3v) is 5.10. The van der Waals surface area contributed by atoms with Crippen molar-refractivity contribution in [1.82, 2.24) is 15.3 Å². The van der Waals surface area contributed by atoms with Crippen molar-refractivity contribution in [2.24, 2.45) is 0 Å². The molecular formula is C23H26N4O. The minimum absolute atomic E-state index is 0.306. The van der Waals surface area contributed by atoms with Crippen molar-refractivity contribution in [3.8, 4) is 17.0 Å². The van der Waals surface area contributed by atoms with Gasteiger partial charge in [-0.1, -0.05) is 24.3 Å². The van der Waals surface area contributed by atoms with E-state index < -0.39 is 0 Å². The fourth-order valence-corrected chi connectivity index (χ4v) is 3.58. The molecule has 2 aromatic carbocycles. The Balaban J connectivity index is 1.39. The number of aromatic hydroxyl groups is 1. The molecule has 1 aromatic heterocycles. The molecule has 4 rings (SSSR count). The average Bonchev–Trinajstić information content (AvgIpc) is 3.23. The Hall–Kier alpha value is -2.92. The van der Waals surface area contributed by atoms with Crippen LogP contribution >= 0.6 is 0 Å². The average molecular weight is 374 g/mol. The Kier molecular flexibility index (Phi) is 5.83. The number of anilines is 1. The van der Waals surface area contributed by atoms with Crippen molar-refractivity contribution in [2.75, 3.05) is 18.4 Å². The van der Waals surface area contributed by atoms with Crippen LogP contribution in [0.15, 0.2) is 60.8 Å². The van der Waals surface area contributed by atoms with Crippen LogP contribution < -0.4 is 10.6 Å². The molecule has 0 radical (unpaired) electrons. The Morgan fingerprint density at radius 3 is 2.79 bits per heavy atom. The monoisotopic (exact) mass is 374 g/mol. The van der Waals surface area contributed by atoms with E-state index in [1.54, 1.807) is 12.1 Å². The first-order chi connectivity index (χ1) is 13.8. The molecule has 0 bridgehead atoms. The Morgan fingerprint density at radius 2 is 1.96 bits per heavy atom. The highest BCUT2D eigenvalue weighted by molar-refractivity contribution is 5.65. The van der Waals surface area contributed by atoms with Crippen LogP contribution in [0.1, 0.15) is 24.2 Å². The van der Waals surface area contributed by atoms with Gasteiger partial charge in [0.05, 0.1) is 5.69 Å². The molecule has 0 aliphatic carbocycles. The summed E-state index contributed by atoms with van der Waals surface area (Å²) in [5, 5.41) is 16.4. The number of aromatic nitrogens is 2. The van der Waals surface area contributed by atoms with Crippen LogP contribution in [0.25, 0.3) is 11.3 Å². The lowest BCUT2D eigenvalue weighted by atomic mass is 10.1. The molecule has 1 atom stereocenters. The zero-order valence-corrected chi connectivity index (χ0v) is 15.9. The van der Waals surface area contributed by atoms with Crippen molar-refractivity contribution in [3.63, 3.8) is 0 Å². The molecular weight excluding hydrogens is 348 g/mol. The lowest BCUT2D eigenvalue weighted by Gasteiger charge is -2.14. The smallest absolute Gasteiger partial charge is 0.128 e. The van der Waals surface area contributed by atoms with Crippen molar-refractivity contribution in [2.45, 2.75) is 31.7 Å². The second-order valence-electron chi connectivity index (χ2n) is 7.29. The molecule has 1 fully saturated rings. The normalized spacial score (nSPS) is 16.2. The lowest BCUT2D eigenvalue weighted by molar-refractivity contribution is 0.475. The number of benzene rings is 2. The molecule has 5 heteroatoms. The van der Waals surface area contributed by atoms with E-state index in [-0.39, 0.29) is 0 Å². The summed E-state index contributed by atoms with van der Waals surface area (Å²) in [5.41, 5.74) is 4.42. The summed E-state index contributed by atoms with van der Waals surface area (Å²) in [4.78, 5) is 9.21. The largest absolute Gasteiger partial charge is 0.508 e. The zero-order chi connectivity index (χ0) is 19.2. The number of aryl methyl sites for hydroxylation is 2. The van der Waals surface area contributed by atoms with Crippen LogP contribution in [0.3, 0.4) is 0 Å². The minimum Gasteiger partial charge on any atom is -0.508 e. The first kappa shape index (κ1) is 18.4. The number of hydrogen-bond donors (Lipinski definition) is 3. The van der Waals surface area contributed by atoms with Crippen molar-refractivity contribution in [1.29, 1.82) is 0 Å². The Morgan fingerprint density at radius 1 is 1.07 bits per heavy atom. The van der Waals surface area contributed by atoms with Crippen LogP contribution in [-0.2, 0) is 12.8 Å². The fourth-order valence-electron chi connectivity index (χ4n) is 3.58. The van der Waals surface area contributed by atoms with E-state index in [4.69, 9.17) is 4.98 Å². The van der Waals surface area contributed by atoms with Gasteiger partial charge in [0.1, 0.15) is 11.6 Å². The van der Waals surface area contributed by atoms with E-state index in [0.717, 1.165) is 61.5 Å². The van der Waals surface area contributed by atoms with E-state index in [9.17, 15) is 5.11 Å². The van der Waals surface area contributed by atoms with Gasteiger partial charge >= 0.3 is 0 Å². The molecule has 3 N–H and O–H groups in total. The predicted octanol–water partition coefficient (Wildman–Crippen LogP) is 3.80. The van der Waals surface area contributed by atoms with Crippen LogP contribution in [0.4, 0.5) is 5.69 Å². The molecule has 28 heavy (non-hydrogen) atoms. The minimum atomic E-state index is 0.306. The number of phenols is 1. The van der Waals surface area contributed by atoms with Gasteiger partial charge in [-0.05, 0) is 61.7 Å². The highest BCUT2D eigenvalue weighted by atomic mass is 16.3. The molecule has 5 nitrogen and oxygen atoms in total. The second-order valence-corrected chi connectivity index (χ2v) is 7.29. The van der Waals surface area contributed by atoms with Gasteiger partial charge in [-0.2, -0.15) is 0 Å². The molecule has 144 valence electrons. The number of rotatable bonds is 7. The van der Waals surface area contributed by atoms with Crippen LogP contribution in [-0.4, -0.2) is 34.2 Å². The summed E-state index contributed by atoms with van der Waals surface area (Å²) >= 11 is 0. The van der Waals surface area contributed by atoms with Crippen LogP contribution in [0.5, 0.6) is 5.75 Å². The van der Waals surface area contributed by atoms with Gasteiger partial charge in [-0.15, -0.1) is 0 Å². The summed E-state index contributed by atoms with van der Waals surface area (Å²) < 4.78 is 0. The second kappa shape index (κ2) is 8.85. The van der Waals surface area contributed by atoms with Crippen molar-refractivity contribution < 1.29 is 5.11 Å². The Bertz CT molecular complexity index is 904. The molecule has 1 unspecified atom stereocenters. The molecule has 2 heterocycles. The quantitative estimate of drug-likeness (QED) is 0.587. The van der Waals surface area contributed by atoms with Gasteiger partial charge in [0.25, 0.3) is 0 Å². The zero-order valence-electron chi connectivity index (χ0n) is 15.9. The third-order valence-electron chi connectivity index (χ3n) is 5.10. The summed E-state index contributed by atoms with van der Waals surface area (Å²) in [7, 11) is 0. The van der Waals surface area contributed by atoms with E-state index in [2.05, 4.69) is 39.9 Å². The van der Waals surface area contributed by atoms with Gasteiger partial charge < -0.3 is 15.7 Å². The molecule has 1 aliphatic heterocycles. The van der Waals surface area contributed by atoms with E-state index in [0.29, 0.717) is 11.8 Å². The number of nitrogens with one attached hydrogen (secondary N) is 2. The van der Waals surface area contributed by atoms with Gasteiger partial charge in [0, 0.05) is 36.5 Å². The topological polar surface area (TPSA) is 70.1 Å². The number of phenolic OH excluding ortho intramolecular Hbond substituents is 1. The number of nitrogens with zero attached hydrogens (tertiary/aromatic N) is 2. The van der Waals surface area contributed by atoms with Crippen molar-refractivity contribution >= 4 is 5.69 Å². The van der Waals surface area contributed by atoms with Gasteiger partial charge in [0.15, 0.2) is 0 Å². The molecule has 0 saturated carbocycles. The van der Waals surface area contributed by atoms with E-state index >= 15 is 0 Å². The summed E-state index contributed by atoms with van der Waals surface area (Å²) in [6, 6.07) is 18.3. The van der Waals surface area contributed by atoms with Crippen LogP contribution in [0, 0.1) is 0 Å². The Labute approximate surface area is 165 Å². The summed E-state index contributed by atoms with van der Waals surface area (Å²) in [6.07, 6.45) is 5.76. The van der Waals surface area contributed by atoms with E-state index in [1.165, 1.54) is 5.56 Å². The third kappa shape index (κ3) is 4.87. The first-order valence-electron chi connectivity index (χ1n) is 9.94. The van der Waals surface area contributed by atoms with Gasteiger partial charge in [0.2, 0.25) is 0 Å². The molecule has 0 spiro atoms. The standard InChI is InChI=1S/C23H26N4O/c28-21-9-7-17(8-10-21)3-1-6-23-25-14-12-22(27-23)18-4-2-5-19(15-18)26-20-11-13-24-16-20/h2,4-5,7-10,12,14-15,20,24,26,28H,1,3,6,11,13,16H2. The molecule has 0 amide bonds. The highest BCUT2D eigenvalue weighted by Gasteiger charge is 2.14. The lowest BCUT2D eigenvalue weighted by Crippen LogP contribution is -2.21. The highest BCUT2D eigenvalue weighted by Crippen LogP contribution is 2.22. The maximum Gasteiger partial charge on any atom is 0.128 e. The summed E-state index contributed by atoms with van der Waals surface area (Å²) in [6.45, 7) is 2.10. The molecule has 3 aromatic rings. The maximum atomic E-state index is 9.37. The summed E-state index contributed by atoms with van der Waals surface area (Å²) in [5.74, 6) is 1.18. The fraction of sp³-hybridized carbons (Fsp3) is 0.304.